The molecule has 2 aromatic carbocycles. The fraction of sp³-hybridized carbons (Fsp3) is 0.133. The van der Waals surface area contributed by atoms with E-state index in [4.69, 9.17) is 0 Å². The van der Waals surface area contributed by atoms with Gasteiger partial charge in [-0.15, -0.1) is 0 Å². The molecule has 0 aromatic heterocycles. The van der Waals surface area contributed by atoms with E-state index in [1.54, 1.807) is 12.1 Å². The highest BCUT2D eigenvalue weighted by Gasteiger charge is 2.65. The molecule has 0 aliphatic carbocycles. The highest BCUT2D eigenvalue weighted by molar-refractivity contribution is 5.81. The number of benzene rings is 2. The van der Waals surface area contributed by atoms with Gasteiger partial charge in [0.15, 0.2) is 11.5 Å². The first-order valence-corrected chi connectivity index (χ1v) is 6.49. The summed E-state index contributed by atoms with van der Waals surface area (Å²) in [6.45, 7) is 0. The van der Waals surface area contributed by atoms with Gasteiger partial charge in [-0.05, 0) is 35.9 Å². The normalized spacial score (nSPS) is 17.9. The lowest BCUT2D eigenvalue weighted by molar-refractivity contribution is -0.391. The van der Waals surface area contributed by atoms with E-state index in [0.29, 0.717) is 5.56 Å². The molecule has 1 heterocycles. The van der Waals surface area contributed by atoms with Crippen LogP contribution in [0.4, 0.5) is 23.2 Å². The van der Waals surface area contributed by atoms with E-state index in [9.17, 15) is 17.6 Å². The minimum Gasteiger partial charge on any atom is -0.421 e. The molecule has 0 atom stereocenters. The van der Waals surface area contributed by atoms with Crippen LogP contribution >= 0.6 is 0 Å². The molecule has 0 fully saturated rings. The first-order chi connectivity index (χ1) is 10.9. The number of halogens is 4. The zero-order valence-electron chi connectivity index (χ0n) is 11.5. The molecule has 0 radical (unpaired) electrons. The molecule has 0 spiro atoms. The lowest BCUT2D eigenvalue weighted by atomic mass is 10.2. The second-order valence-electron chi connectivity index (χ2n) is 4.68. The van der Waals surface area contributed by atoms with Gasteiger partial charge in [0.25, 0.3) is 0 Å². The van der Waals surface area contributed by atoms with Gasteiger partial charge in [-0.2, -0.15) is 22.7 Å². The third kappa shape index (κ3) is 3.05. The van der Waals surface area contributed by atoms with Crippen LogP contribution < -0.4 is 14.9 Å². The second kappa shape index (κ2) is 5.45. The topological polar surface area (TPSA) is 42.8 Å². The predicted octanol–water partition coefficient (Wildman–Crippen LogP) is 4.09. The number of hydrogen-bond donors (Lipinski definition) is 1. The van der Waals surface area contributed by atoms with E-state index in [-0.39, 0.29) is 0 Å². The molecule has 1 aliphatic heterocycles. The van der Waals surface area contributed by atoms with E-state index >= 15 is 0 Å². The Kier molecular flexibility index (Phi) is 3.59. The lowest BCUT2D eigenvalue weighted by Gasteiger charge is -2.31. The van der Waals surface area contributed by atoms with Gasteiger partial charge in [0.1, 0.15) is 0 Å². The Bertz CT molecular complexity index is 736. The number of rotatable bonds is 3. The SMILES string of the molecule is FC1(F)Oc2ccc(C=NNc3ccccc3)cc2OC1(F)F. The second-order valence-corrected chi connectivity index (χ2v) is 4.68. The molecule has 8 heteroatoms. The third-order valence-corrected chi connectivity index (χ3v) is 2.96. The average molecular weight is 326 g/mol. The van der Waals surface area contributed by atoms with Crippen molar-refractivity contribution in [2.75, 3.05) is 5.43 Å². The molecule has 0 saturated heterocycles. The molecule has 120 valence electrons. The van der Waals surface area contributed by atoms with Crippen molar-refractivity contribution in [2.45, 2.75) is 12.2 Å². The van der Waals surface area contributed by atoms with Gasteiger partial charge >= 0.3 is 12.2 Å². The van der Waals surface area contributed by atoms with Gasteiger partial charge in [-0.1, -0.05) is 18.2 Å². The monoisotopic (exact) mass is 326 g/mol. The molecule has 4 nitrogen and oxygen atoms in total. The number of ether oxygens (including phenoxy) is 2. The Morgan fingerprint density at radius 3 is 2.22 bits per heavy atom. The molecule has 2 aromatic rings. The van der Waals surface area contributed by atoms with Crippen molar-refractivity contribution in [3.63, 3.8) is 0 Å². The molecule has 0 unspecified atom stereocenters. The molecule has 0 bridgehead atoms. The molecule has 0 amide bonds. The zero-order chi connectivity index (χ0) is 16.5. The zero-order valence-corrected chi connectivity index (χ0v) is 11.5. The summed E-state index contributed by atoms with van der Waals surface area (Å²) in [5.74, 6) is -0.946. The van der Waals surface area contributed by atoms with Gasteiger partial charge in [-0.3, -0.25) is 5.43 Å². The highest BCUT2D eigenvalue weighted by Crippen LogP contribution is 2.46. The number of hydrazone groups is 1. The van der Waals surface area contributed by atoms with Gasteiger partial charge in [-0.25, -0.2) is 0 Å². The van der Waals surface area contributed by atoms with Crippen molar-refractivity contribution in [1.29, 1.82) is 0 Å². The minimum absolute atomic E-state index is 0.372. The number of alkyl halides is 4. The van der Waals surface area contributed by atoms with Crippen LogP contribution in [0.5, 0.6) is 11.5 Å². The van der Waals surface area contributed by atoms with Crippen molar-refractivity contribution < 1.29 is 27.0 Å². The number of hydrogen-bond acceptors (Lipinski definition) is 4. The van der Waals surface area contributed by atoms with Crippen LogP contribution in [0.25, 0.3) is 0 Å². The molecule has 23 heavy (non-hydrogen) atoms. The number of anilines is 1. The van der Waals surface area contributed by atoms with E-state index in [0.717, 1.165) is 17.8 Å². The molecular formula is C15H10F4N2O2. The lowest BCUT2D eigenvalue weighted by Crippen LogP contribution is -2.52. The maximum Gasteiger partial charge on any atom is 0.507 e. The summed E-state index contributed by atoms with van der Waals surface area (Å²) in [5, 5.41) is 3.92. The van der Waals surface area contributed by atoms with Crippen molar-refractivity contribution in [3.8, 4) is 11.5 Å². The summed E-state index contributed by atoms with van der Waals surface area (Å²) < 4.78 is 60.3. The van der Waals surface area contributed by atoms with Crippen molar-refractivity contribution >= 4 is 11.9 Å². The van der Waals surface area contributed by atoms with Crippen LogP contribution in [0.3, 0.4) is 0 Å². The third-order valence-electron chi connectivity index (χ3n) is 2.96. The van der Waals surface area contributed by atoms with Gasteiger partial charge in [0, 0.05) is 0 Å². The minimum atomic E-state index is -4.74. The number of nitrogens with one attached hydrogen (secondary N) is 1. The Morgan fingerprint density at radius 2 is 1.52 bits per heavy atom. The molecule has 1 aliphatic rings. The van der Waals surface area contributed by atoms with Gasteiger partial charge in [0.05, 0.1) is 11.9 Å². The molecule has 1 N–H and O–H groups in total. The fourth-order valence-corrected chi connectivity index (χ4v) is 1.86. The summed E-state index contributed by atoms with van der Waals surface area (Å²) in [6.07, 6.45) is -8.12. The summed E-state index contributed by atoms with van der Waals surface area (Å²) in [4.78, 5) is 0. The highest BCUT2D eigenvalue weighted by atomic mass is 19.3. The first-order valence-electron chi connectivity index (χ1n) is 6.49. The standard InChI is InChI=1S/C15H10F4N2O2/c16-14(17)15(18,19)23-13-8-10(6-7-12(13)22-14)9-20-21-11-4-2-1-3-5-11/h1-9,21H. The fourth-order valence-electron chi connectivity index (χ4n) is 1.86. The maximum absolute atomic E-state index is 13.1. The van der Waals surface area contributed by atoms with Crippen LogP contribution in [0.1, 0.15) is 5.56 Å². The average Bonchev–Trinajstić information content (AvgIpc) is 2.49. The summed E-state index contributed by atoms with van der Waals surface area (Å²) in [5.41, 5.74) is 3.83. The largest absolute Gasteiger partial charge is 0.507 e. The molecular weight excluding hydrogens is 316 g/mol. The molecule has 0 saturated carbocycles. The Hall–Kier alpha value is -2.77. The van der Waals surface area contributed by atoms with Crippen LogP contribution in [-0.4, -0.2) is 18.4 Å². The smallest absolute Gasteiger partial charge is 0.421 e. The molecule has 3 rings (SSSR count). The predicted molar refractivity (Wildman–Crippen MR) is 75.3 cm³/mol. The number of fused-ring (bicyclic) bond motifs is 1. The number of para-hydroxylation sites is 1. The number of nitrogens with zero attached hydrogens (tertiary/aromatic N) is 1. The first kappa shape index (κ1) is 15.1. The van der Waals surface area contributed by atoms with E-state index in [1.807, 2.05) is 18.2 Å². The van der Waals surface area contributed by atoms with E-state index < -0.39 is 23.7 Å². The Balaban J connectivity index is 1.77. The van der Waals surface area contributed by atoms with Crippen LogP contribution in [0.15, 0.2) is 53.6 Å². The summed E-state index contributed by atoms with van der Waals surface area (Å²) in [6, 6.07) is 12.7. The Morgan fingerprint density at radius 1 is 0.870 bits per heavy atom. The van der Waals surface area contributed by atoms with Crippen molar-refractivity contribution in [2.24, 2.45) is 5.10 Å². The van der Waals surface area contributed by atoms with Gasteiger partial charge < -0.3 is 9.47 Å². The Labute approximate surface area is 128 Å². The summed E-state index contributed by atoms with van der Waals surface area (Å²) >= 11 is 0. The van der Waals surface area contributed by atoms with E-state index in [2.05, 4.69) is 20.0 Å². The summed E-state index contributed by atoms with van der Waals surface area (Å²) in [7, 11) is 0. The van der Waals surface area contributed by atoms with Crippen LogP contribution in [0.2, 0.25) is 0 Å². The maximum atomic E-state index is 13.1. The van der Waals surface area contributed by atoms with Crippen molar-refractivity contribution in [1.82, 2.24) is 0 Å². The van der Waals surface area contributed by atoms with Crippen LogP contribution in [-0.2, 0) is 0 Å². The van der Waals surface area contributed by atoms with E-state index in [1.165, 1.54) is 12.3 Å². The van der Waals surface area contributed by atoms with Gasteiger partial charge in [0.2, 0.25) is 0 Å². The quantitative estimate of drug-likeness (QED) is 0.525. The van der Waals surface area contributed by atoms with Crippen LogP contribution in [0, 0.1) is 0 Å². The van der Waals surface area contributed by atoms with Crippen molar-refractivity contribution in [3.05, 3.63) is 54.1 Å².